The quantitative estimate of drug-likeness (QED) is 0.367. The summed E-state index contributed by atoms with van der Waals surface area (Å²) in [5.74, 6) is -1.28. The maximum Gasteiger partial charge on any atom is 0.391 e. The molecule has 1 aromatic carbocycles. The van der Waals surface area contributed by atoms with Gasteiger partial charge in [0.15, 0.2) is 5.16 Å². The third-order valence-electron chi connectivity index (χ3n) is 8.08. The van der Waals surface area contributed by atoms with Crippen LogP contribution in [-0.4, -0.2) is 51.4 Å². The van der Waals surface area contributed by atoms with Crippen molar-refractivity contribution in [2.45, 2.75) is 80.9 Å². The maximum atomic E-state index is 13.7. The van der Waals surface area contributed by atoms with Crippen LogP contribution in [0.5, 0.6) is 0 Å². The molecule has 2 aromatic rings. The lowest BCUT2D eigenvalue weighted by Gasteiger charge is -2.31. The largest absolute Gasteiger partial charge is 0.391 e. The SMILES string of the molecule is O=C(CCNCC1CCCC(C(F)(F)F)C1)N1CCc2nc(SC3CCC3)n(-c3ccccc3)c(=O)c2C1. The van der Waals surface area contributed by atoms with E-state index in [1.807, 2.05) is 30.3 Å². The molecule has 1 N–H and O–H groups in total. The van der Waals surface area contributed by atoms with Gasteiger partial charge in [-0.3, -0.25) is 14.2 Å². The number of nitrogens with zero attached hydrogens (tertiary/aromatic N) is 3. The highest BCUT2D eigenvalue weighted by Gasteiger charge is 2.42. The first kappa shape index (κ1) is 27.2. The number of carbonyl (C=O) groups is 1. The Morgan fingerprint density at radius 1 is 1.11 bits per heavy atom. The Bertz CT molecular complexity index is 1180. The van der Waals surface area contributed by atoms with Gasteiger partial charge in [-0.15, -0.1) is 0 Å². The predicted octanol–water partition coefficient (Wildman–Crippen LogP) is 5.11. The fourth-order valence-electron chi connectivity index (χ4n) is 5.62. The second-order valence-corrected chi connectivity index (χ2v) is 12.0. The van der Waals surface area contributed by atoms with Crippen molar-refractivity contribution in [2.24, 2.45) is 11.8 Å². The summed E-state index contributed by atoms with van der Waals surface area (Å²) in [7, 11) is 0. The lowest BCUT2D eigenvalue weighted by molar-refractivity contribution is -0.185. The summed E-state index contributed by atoms with van der Waals surface area (Å²) in [5, 5.41) is 4.41. The van der Waals surface area contributed by atoms with Gasteiger partial charge in [0.05, 0.1) is 29.4 Å². The number of aromatic nitrogens is 2. The molecule has 206 valence electrons. The van der Waals surface area contributed by atoms with E-state index in [9.17, 15) is 22.8 Å². The zero-order chi connectivity index (χ0) is 26.7. The summed E-state index contributed by atoms with van der Waals surface area (Å²) >= 11 is 1.67. The molecular formula is C28H35F3N4O2S. The van der Waals surface area contributed by atoms with Gasteiger partial charge in [-0.05, 0) is 56.7 Å². The number of rotatable bonds is 8. The van der Waals surface area contributed by atoms with Crippen LogP contribution in [0.2, 0.25) is 0 Å². The maximum absolute atomic E-state index is 13.7. The van der Waals surface area contributed by atoms with Crippen molar-refractivity contribution in [3.63, 3.8) is 0 Å². The average Bonchev–Trinajstić information content (AvgIpc) is 2.89. The molecule has 1 aliphatic heterocycles. The topological polar surface area (TPSA) is 67.2 Å². The van der Waals surface area contributed by atoms with Crippen molar-refractivity contribution in [1.29, 1.82) is 0 Å². The van der Waals surface area contributed by atoms with Crippen molar-refractivity contribution < 1.29 is 18.0 Å². The van der Waals surface area contributed by atoms with Crippen LogP contribution in [0, 0.1) is 11.8 Å². The molecule has 2 atom stereocenters. The molecule has 2 aliphatic carbocycles. The van der Waals surface area contributed by atoms with E-state index in [-0.39, 0.29) is 43.2 Å². The Morgan fingerprint density at radius 2 is 1.87 bits per heavy atom. The number of amides is 1. The molecule has 3 aliphatic rings. The summed E-state index contributed by atoms with van der Waals surface area (Å²) in [4.78, 5) is 33.3. The Hall–Kier alpha value is -2.33. The van der Waals surface area contributed by atoms with Crippen LogP contribution in [0.3, 0.4) is 0 Å². The fraction of sp³-hybridized carbons (Fsp3) is 0.607. The Balaban J connectivity index is 1.21. The standard InChI is InChI=1S/C28H35F3N4O2S/c29-28(30,31)20-7-4-6-19(16-20)17-32-14-12-25(36)34-15-13-24-23(18-34)26(37)35(21-8-2-1-3-9-21)27(33-24)38-22-10-5-11-22/h1-3,8-9,19-20,22,32H,4-7,10-18H2. The minimum atomic E-state index is -4.12. The molecule has 38 heavy (non-hydrogen) atoms. The van der Waals surface area contributed by atoms with E-state index in [4.69, 9.17) is 4.98 Å². The van der Waals surface area contributed by atoms with Gasteiger partial charge in [-0.25, -0.2) is 4.98 Å². The van der Waals surface area contributed by atoms with E-state index in [2.05, 4.69) is 5.32 Å². The second kappa shape index (κ2) is 11.8. The van der Waals surface area contributed by atoms with Crippen molar-refractivity contribution in [1.82, 2.24) is 19.8 Å². The summed E-state index contributed by atoms with van der Waals surface area (Å²) in [6.45, 7) is 1.66. The van der Waals surface area contributed by atoms with Gasteiger partial charge in [0.25, 0.3) is 5.56 Å². The first-order valence-corrected chi connectivity index (χ1v) is 14.6. The van der Waals surface area contributed by atoms with Crippen LogP contribution in [0.4, 0.5) is 13.2 Å². The van der Waals surface area contributed by atoms with Gasteiger partial charge in [-0.1, -0.05) is 42.8 Å². The molecule has 0 radical (unpaired) electrons. The van der Waals surface area contributed by atoms with Crippen LogP contribution in [0.1, 0.15) is 62.6 Å². The summed E-state index contributed by atoms with van der Waals surface area (Å²) in [6, 6.07) is 9.52. The highest BCUT2D eigenvalue weighted by Crippen LogP contribution is 2.40. The van der Waals surface area contributed by atoms with E-state index in [1.54, 1.807) is 21.2 Å². The van der Waals surface area contributed by atoms with Gasteiger partial charge in [0, 0.05) is 31.2 Å². The molecule has 0 spiro atoms. The molecule has 1 amide bonds. The highest BCUT2D eigenvalue weighted by atomic mass is 32.2. The molecule has 10 heteroatoms. The molecule has 2 unspecified atom stereocenters. The first-order chi connectivity index (χ1) is 18.3. The van der Waals surface area contributed by atoms with E-state index < -0.39 is 12.1 Å². The number of hydrogen-bond donors (Lipinski definition) is 1. The summed E-state index contributed by atoms with van der Waals surface area (Å²) < 4.78 is 40.9. The van der Waals surface area contributed by atoms with E-state index in [0.717, 1.165) is 35.8 Å². The second-order valence-electron chi connectivity index (χ2n) is 10.8. The molecule has 1 aromatic heterocycles. The zero-order valence-electron chi connectivity index (χ0n) is 21.5. The minimum absolute atomic E-state index is 0.0122. The van der Waals surface area contributed by atoms with Crippen LogP contribution in [0.15, 0.2) is 40.3 Å². The monoisotopic (exact) mass is 548 g/mol. The summed E-state index contributed by atoms with van der Waals surface area (Å²) in [5.41, 5.74) is 2.01. The summed E-state index contributed by atoms with van der Waals surface area (Å²) in [6.07, 6.45) is 1.91. The number of hydrogen-bond acceptors (Lipinski definition) is 5. The molecular weight excluding hydrogens is 513 g/mol. The predicted molar refractivity (Wildman–Crippen MR) is 141 cm³/mol. The molecule has 0 bridgehead atoms. The number of thioether (sulfide) groups is 1. The normalized spacial score (nSPS) is 22.1. The number of fused-ring (bicyclic) bond motifs is 1. The average molecular weight is 549 g/mol. The van der Waals surface area contributed by atoms with Crippen LogP contribution >= 0.6 is 11.8 Å². The van der Waals surface area contributed by atoms with Gasteiger partial charge >= 0.3 is 6.18 Å². The number of para-hydroxylation sites is 1. The third-order valence-corrected chi connectivity index (χ3v) is 9.37. The van der Waals surface area contributed by atoms with E-state index in [0.29, 0.717) is 43.3 Å². The Kier molecular flexibility index (Phi) is 8.47. The van der Waals surface area contributed by atoms with Gasteiger partial charge in [-0.2, -0.15) is 13.2 Å². The lowest BCUT2D eigenvalue weighted by atomic mass is 9.81. The van der Waals surface area contributed by atoms with Crippen molar-refractivity contribution in [3.8, 4) is 5.69 Å². The number of alkyl halides is 3. The van der Waals surface area contributed by atoms with Gasteiger partial charge in [0.2, 0.25) is 5.91 Å². The number of nitrogens with one attached hydrogen (secondary N) is 1. The number of benzene rings is 1. The van der Waals surface area contributed by atoms with Crippen LogP contribution < -0.4 is 10.9 Å². The van der Waals surface area contributed by atoms with Crippen molar-refractivity contribution in [2.75, 3.05) is 19.6 Å². The molecule has 2 saturated carbocycles. The molecule has 2 heterocycles. The highest BCUT2D eigenvalue weighted by molar-refractivity contribution is 7.99. The zero-order valence-corrected chi connectivity index (χ0v) is 22.3. The van der Waals surface area contributed by atoms with Crippen LogP contribution in [-0.2, 0) is 17.8 Å². The third kappa shape index (κ3) is 6.28. The molecule has 0 saturated heterocycles. The lowest BCUT2D eigenvalue weighted by Crippen LogP contribution is -2.42. The molecule has 5 rings (SSSR count). The fourth-order valence-corrected chi connectivity index (χ4v) is 6.95. The number of carbonyl (C=O) groups excluding carboxylic acids is 1. The van der Waals surface area contributed by atoms with Crippen molar-refractivity contribution >= 4 is 17.7 Å². The number of halogens is 3. The smallest absolute Gasteiger partial charge is 0.338 e. The van der Waals surface area contributed by atoms with E-state index in [1.165, 1.54) is 6.42 Å². The van der Waals surface area contributed by atoms with E-state index >= 15 is 0 Å². The van der Waals surface area contributed by atoms with Gasteiger partial charge in [0.1, 0.15) is 0 Å². The van der Waals surface area contributed by atoms with Crippen LogP contribution in [0.25, 0.3) is 5.69 Å². The van der Waals surface area contributed by atoms with Gasteiger partial charge < -0.3 is 10.2 Å². The van der Waals surface area contributed by atoms with Crippen molar-refractivity contribution in [3.05, 3.63) is 51.9 Å². The Morgan fingerprint density at radius 3 is 2.58 bits per heavy atom. The minimum Gasteiger partial charge on any atom is -0.338 e. The first-order valence-electron chi connectivity index (χ1n) is 13.7. The Labute approximate surface area is 225 Å². The molecule has 2 fully saturated rings. The molecule has 6 nitrogen and oxygen atoms in total.